The van der Waals surface area contributed by atoms with Gasteiger partial charge in [-0.3, -0.25) is 4.79 Å². The molecule has 1 amide bonds. The quantitative estimate of drug-likeness (QED) is 0.0858. The van der Waals surface area contributed by atoms with Crippen molar-refractivity contribution in [3.63, 3.8) is 0 Å². The van der Waals surface area contributed by atoms with E-state index in [0.29, 0.717) is 42.7 Å². The van der Waals surface area contributed by atoms with Gasteiger partial charge in [0.1, 0.15) is 17.4 Å². The first-order chi connectivity index (χ1) is 17.8. The third-order valence-corrected chi connectivity index (χ3v) is 6.55. The van der Waals surface area contributed by atoms with Crippen LogP contribution < -0.4 is 15.4 Å². The molecular formula is C27H33F4N3O4. The highest BCUT2D eigenvalue weighted by Gasteiger charge is 2.63. The van der Waals surface area contributed by atoms with Crippen LogP contribution in [0.3, 0.4) is 0 Å². The Bertz CT molecular complexity index is 1130. The van der Waals surface area contributed by atoms with Crippen LogP contribution in [0.1, 0.15) is 52.4 Å². The Morgan fingerprint density at radius 3 is 2.39 bits per heavy atom. The van der Waals surface area contributed by atoms with Crippen molar-refractivity contribution in [3.05, 3.63) is 48.3 Å². The van der Waals surface area contributed by atoms with Crippen molar-refractivity contribution in [2.24, 2.45) is 16.8 Å². The number of amides is 1. The molecule has 2 aromatic rings. The summed E-state index contributed by atoms with van der Waals surface area (Å²) in [5.74, 6) is -1.40. The van der Waals surface area contributed by atoms with Gasteiger partial charge in [0.25, 0.3) is 0 Å². The molecule has 1 aliphatic rings. The van der Waals surface area contributed by atoms with Gasteiger partial charge in [-0.25, -0.2) is 4.39 Å². The number of carbonyl (C=O) groups is 1. The maximum absolute atomic E-state index is 14.8. The number of rotatable bonds is 11. The van der Waals surface area contributed by atoms with Gasteiger partial charge >= 0.3 is 6.18 Å². The lowest BCUT2D eigenvalue weighted by atomic mass is 9.69. The number of oxime groups is 1. The normalized spacial score (nSPS) is 19.8. The van der Waals surface area contributed by atoms with Crippen LogP contribution in [0.25, 0.3) is 11.1 Å². The van der Waals surface area contributed by atoms with Crippen LogP contribution in [0.2, 0.25) is 0 Å². The second kappa shape index (κ2) is 12.0. The molecule has 1 fully saturated rings. The van der Waals surface area contributed by atoms with E-state index in [0.717, 1.165) is 0 Å². The van der Waals surface area contributed by atoms with E-state index in [9.17, 15) is 27.5 Å². The fourth-order valence-electron chi connectivity index (χ4n) is 4.44. The summed E-state index contributed by atoms with van der Waals surface area (Å²) in [5, 5.41) is 21.4. The molecule has 0 atom stereocenters. The third kappa shape index (κ3) is 6.94. The summed E-state index contributed by atoms with van der Waals surface area (Å²) in [7, 11) is 0. The zero-order valence-electron chi connectivity index (χ0n) is 21.3. The summed E-state index contributed by atoms with van der Waals surface area (Å²) in [5.41, 5.74) is 3.70. The monoisotopic (exact) mass is 539 g/mol. The molecule has 2 aromatic carbocycles. The molecule has 0 spiro atoms. The molecular weight excluding hydrogens is 506 g/mol. The van der Waals surface area contributed by atoms with E-state index in [1.54, 1.807) is 24.3 Å². The van der Waals surface area contributed by atoms with Crippen LogP contribution in [0.15, 0.2) is 47.6 Å². The van der Waals surface area contributed by atoms with Gasteiger partial charge < -0.3 is 25.7 Å². The van der Waals surface area contributed by atoms with E-state index in [4.69, 9.17) is 15.7 Å². The van der Waals surface area contributed by atoms with Crippen molar-refractivity contribution >= 4 is 17.4 Å². The number of amidine groups is 1. The first kappa shape index (κ1) is 29.2. The number of aliphatic hydroxyl groups is 1. The third-order valence-electron chi connectivity index (χ3n) is 6.55. The van der Waals surface area contributed by atoms with Crippen LogP contribution >= 0.6 is 0 Å². The summed E-state index contributed by atoms with van der Waals surface area (Å²) < 4.78 is 59.9. The minimum absolute atomic E-state index is 0.0330. The van der Waals surface area contributed by atoms with Gasteiger partial charge in [0, 0.05) is 30.1 Å². The van der Waals surface area contributed by atoms with Crippen molar-refractivity contribution in [1.29, 1.82) is 0 Å². The summed E-state index contributed by atoms with van der Waals surface area (Å²) in [6, 6.07) is 10.9. The van der Waals surface area contributed by atoms with E-state index in [-0.39, 0.29) is 24.0 Å². The van der Waals surface area contributed by atoms with Crippen LogP contribution in [0, 0.1) is 11.7 Å². The van der Waals surface area contributed by atoms with Gasteiger partial charge in [-0.1, -0.05) is 23.7 Å². The molecule has 0 bridgehead atoms. The number of hydrogen-bond acceptors (Lipinski definition) is 5. The lowest BCUT2D eigenvalue weighted by molar-refractivity contribution is -0.295. The van der Waals surface area contributed by atoms with Crippen molar-refractivity contribution in [2.45, 2.75) is 70.3 Å². The first-order valence-electron chi connectivity index (χ1n) is 12.5. The summed E-state index contributed by atoms with van der Waals surface area (Å²) >= 11 is 0. The second-order valence-corrected chi connectivity index (χ2v) is 9.88. The molecule has 0 aliphatic heterocycles. The first-order valence-corrected chi connectivity index (χ1v) is 12.5. The Morgan fingerprint density at radius 2 is 1.82 bits per heavy atom. The fraction of sp³-hybridized carbons (Fsp3) is 0.481. The summed E-state index contributed by atoms with van der Waals surface area (Å²) in [6.07, 6.45) is -4.29. The van der Waals surface area contributed by atoms with Gasteiger partial charge in [0.2, 0.25) is 5.91 Å². The van der Waals surface area contributed by atoms with Gasteiger partial charge in [-0.2, -0.15) is 13.2 Å². The second-order valence-electron chi connectivity index (χ2n) is 9.88. The highest BCUT2D eigenvalue weighted by Crippen LogP contribution is 2.49. The lowest BCUT2D eigenvalue weighted by Crippen LogP contribution is -2.59. The van der Waals surface area contributed by atoms with E-state index in [2.05, 4.69) is 5.16 Å². The highest BCUT2D eigenvalue weighted by atomic mass is 19.4. The smallest absolute Gasteiger partial charge is 0.417 e. The van der Waals surface area contributed by atoms with E-state index in [1.807, 2.05) is 13.8 Å². The predicted molar refractivity (Wildman–Crippen MR) is 136 cm³/mol. The number of anilines is 1. The Morgan fingerprint density at radius 1 is 1.16 bits per heavy atom. The van der Waals surface area contributed by atoms with Gasteiger partial charge in [-0.05, 0) is 75.4 Å². The molecule has 208 valence electrons. The number of nitrogens with two attached hydrogens (primary N) is 1. The Labute approximate surface area is 218 Å². The number of hydrogen-bond donors (Lipinski definition) is 3. The van der Waals surface area contributed by atoms with E-state index >= 15 is 0 Å². The number of halogens is 4. The average molecular weight is 540 g/mol. The molecule has 0 radical (unpaired) electrons. The molecule has 0 aromatic heterocycles. The fourth-order valence-corrected chi connectivity index (χ4v) is 4.44. The standard InChI is InChI=1S/C27H33F4N3O4/c1-17(2)38-21-10-7-18(8-11-21)22-14-20(9-12-23(22)28)34(13-5-3-4-6-24(32)33-37)25(35)19-15-26(36,16-19)27(29,30)31/h7-12,14,17,19,36-37H,3-6,13,15-16H2,1-2H3,(H2,32,33). The molecule has 3 rings (SSSR count). The van der Waals surface area contributed by atoms with Gasteiger partial charge in [0.15, 0.2) is 5.60 Å². The zero-order chi connectivity index (χ0) is 28.1. The highest BCUT2D eigenvalue weighted by molar-refractivity contribution is 5.96. The maximum atomic E-state index is 14.8. The predicted octanol–water partition coefficient (Wildman–Crippen LogP) is 5.62. The van der Waals surface area contributed by atoms with Crippen LogP contribution in [-0.4, -0.2) is 46.5 Å². The van der Waals surface area contributed by atoms with Crippen molar-refractivity contribution < 1.29 is 37.4 Å². The Balaban J connectivity index is 1.83. The van der Waals surface area contributed by atoms with Crippen molar-refractivity contribution in [2.75, 3.05) is 11.4 Å². The number of benzene rings is 2. The number of ether oxygens (including phenoxy) is 1. The van der Waals surface area contributed by atoms with Gasteiger partial charge in [0.05, 0.1) is 6.10 Å². The Kier molecular flexibility index (Phi) is 9.24. The number of unbranched alkanes of at least 4 members (excludes halogenated alkanes) is 2. The summed E-state index contributed by atoms with van der Waals surface area (Å²) in [4.78, 5) is 14.7. The number of alkyl halides is 3. The molecule has 1 aliphatic carbocycles. The van der Waals surface area contributed by atoms with Gasteiger partial charge in [-0.15, -0.1) is 0 Å². The number of nitrogens with zero attached hydrogens (tertiary/aromatic N) is 2. The molecule has 4 N–H and O–H groups in total. The van der Waals surface area contributed by atoms with Crippen LogP contribution in [-0.2, 0) is 4.79 Å². The molecule has 38 heavy (non-hydrogen) atoms. The SMILES string of the molecule is CC(C)Oc1ccc(-c2cc(N(CCCCC/C(N)=N/O)C(=O)C3CC(O)(C(F)(F)F)C3)ccc2F)cc1. The lowest BCUT2D eigenvalue weighted by Gasteiger charge is -2.45. The maximum Gasteiger partial charge on any atom is 0.417 e. The molecule has 11 heteroatoms. The van der Waals surface area contributed by atoms with Crippen LogP contribution in [0.5, 0.6) is 5.75 Å². The Hall–Kier alpha value is -3.34. The minimum atomic E-state index is -4.82. The zero-order valence-corrected chi connectivity index (χ0v) is 21.3. The molecule has 0 saturated heterocycles. The minimum Gasteiger partial charge on any atom is -0.491 e. The largest absolute Gasteiger partial charge is 0.491 e. The number of carbonyl (C=O) groups excluding carboxylic acids is 1. The summed E-state index contributed by atoms with van der Waals surface area (Å²) in [6.45, 7) is 3.94. The van der Waals surface area contributed by atoms with E-state index < -0.39 is 42.3 Å². The molecule has 7 nitrogen and oxygen atoms in total. The molecule has 1 saturated carbocycles. The average Bonchev–Trinajstić information content (AvgIpc) is 2.83. The van der Waals surface area contributed by atoms with Crippen molar-refractivity contribution in [1.82, 2.24) is 0 Å². The van der Waals surface area contributed by atoms with E-state index in [1.165, 1.54) is 23.1 Å². The molecule has 0 unspecified atom stereocenters. The molecule has 0 heterocycles. The topological polar surface area (TPSA) is 108 Å². The van der Waals surface area contributed by atoms with Crippen molar-refractivity contribution in [3.8, 4) is 16.9 Å². The van der Waals surface area contributed by atoms with Crippen LogP contribution in [0.4, 0.5) is 23.2 Å².